The fourth-order valence-electron chi connectivity index (χ4n) is 0.901. The molecule has 0 heterocycles. The monoisotopic (exact) mass is 169 g/mol. The number of para-hydroxylation sites is 1. The lowest BCUT2D eigenvalue weighted by atomic mass is 10.2. The highest BCUT2D eigenvalue weighted by Crippen LogP contribution is 2.08. The molecule has 0 aliphatic heterocycles. The summed E-state index contributed by atoms with van der Waals surface area (Å²) in [6.07, 6.45) is 0. The summed E-state index contributed by atoms with van der Waals surface area (Å²) in [6.45, 7) is 0.464. The van der Waals surface area contributed by atoms with E-state index in [2.05, 4.69) is 0 Å². The third-order valence-electron chi connectivity index (χ3n) is 1.43. The Balaban J connectivity index is 0.00000121. The van der Waals surface area contributed by atoms with Gasteiger partial charge < -0.3 is 10.2 Å². The fourth-order valence-corrected chi connectivity index (χ4v) is 0.901. The molecule has 0 spiro atoms. The van der Waals surface area contributed by atoms with E-state index in [0.29, 0.717) is 12.3 Å². The van der Waals surface area contributed by atoms with Crippen LogP contribution in [0.25, 0.3) is 0 Å². The molecule has 0 saturated heterocycles. The molecule has 66 valence electrons. The molecule has 0 amide bonds. The first-order valence-electron chi connectivity index (χ1n) is 3.33. The normalized spacial score (nSPS) is 8.75. The number of nitroso groups, excluding NO2 is 1. The van der Waals surface area contributed by atoms with Crippen LogP contribution in [0.5, 0.6) is 0 Å². The highest BCUT2D eigenvalue weighted by Gasteiger charge is 2.04. The maximum atomic E-state index is 10.3. The molecule has 12 heavy (non-hydrogen) atoms. The van der Waals surface area contributed by atoms with Gasteiger partial charge in [-0.15, -0.1) is 0 Å². The summed E-state index contributed by atoms with van der Waals surface area (Å²) in [5.41, 5.74) is 1.46. The highest BCUT2D eigenvalue weighted by atomic mass is 16.5. The second kappa shape index (κ2) is 5.40. The van der Waals surface area contributed by atoms with E-state index in [-0.39, 0.29) is 5.48 Å². The van der Waals surface area contributed by atoms with Crippen LogP contribution in [0.15, 0.2) is 24.3 Å². The quantitative estimate of drug-likeness (QED) is 0.699. The zero-order valence-electron chi connectivity index (χ0n) is 6.78. The molecule has 4 nitrogen and oxygen atoms in total. The van der Waals surface area contributed by atoms with Crippen molar-refractivity contribution in [1.82, 2.24) is 0 Å². The van der Waals surface area contributed by atoms with Gasteiger partial charge in [-0.2, -0.15) is 0 Å². The van der Waals surface area contributed by atoms with E-state index in [9.17, 15) is 4.91 Å². The summed E-state index contributed by atoms with van der Waals surface area (Å²) < 4.78 is 4.89. The summed E-state index contributed by atoms with van der Waals surface area (Å²) in [6, 6.07) is 7.25. The van der Waals surface area contributed by atoms with Crippen LogP contribution in [-0.2, 0) is 11.3 Å². The van der Waals surface area contributed by atoms with Crippen LogP contribution in [0.3, 0.4) is 0 Å². The predicted molar refractivity (Wildman–Crippen MR) is 43.1 cm³/mol. The minimum Gasteiger partial charge on any atom is -0.870 e. The number of hydrogen-bond donors (Lipinski definition) is 1. The van der Waals surface area contributed by atoms with Gasteiger partial charge in [0.25, 0.3) is 5.69 Å². The maximum absolute atomic E-state index is 10.3. The van der Waals surface area contributed by atoms with Gasteiger partial charge in [-0.1, -0.05) is 12.1 Å². The molecule has 0 saturated carbocycles. The van der Waals surface area contributed by atoms with Crippen molar-refractivity contribution in [1.29, 1.82) is 0 Å². The number of hydrogen-bond acceptors (Lipinski definition) is 3. The van der Waals surface area contributed by atoms with E-state index in [4.69, 9.17) is 4.74 Å². The molecular formula is C8H11NO3. The van der Waals surface area contributed by atoms with E-state index in [0.717, 1.165) is 5.56 Å². The summed E-state index contributed by atoms with van der Waals surface area (Å²) in [5, 5.41) is 1.85. The largest absolute Gasteiger partial charge is 0.870 e. The van der Waals surface area contributed by atoms with Crippen molar-refractivity contribution in [3.8, 4) is 0 Å². The van der Waals surface area contributed by atoms with Crippen LogP contribution in [0, 0.1) is 4.91 Å². The highest BCUT2D eigenvalue weighted by molar-refractivity contribution is 5.37. The van der Waals surface area contributed by atoms with Gasteiger partial charge in [0, 0.05) is 23.3 Å². The molecule has 1 aromatic carbocycles. The molecule has 0 radical (unpaired) electrons. The standard InChI is InChI=1S/C8H9NO2.H2O/c1-11-6-7-4-2-3-5-8(7)9-10;/h2-5H,6H2,1H3;1H2. The van der Waals surface area contributed by atoms with E-state index in [1.54, 1.807) is 19.2 Å². The van der Waals surface area contributed by atoms with Crippen LogP contribution in [-0.4, -0.2) is 12.6 Å². The van der Waals surface area contributed by atoms with Gasteiger partial charge in [-0.3, -0.25) is 0 Å². The zero-order chi connectivity index (χ0) is 8.10. The first-order valence-corrected chi connectivity index (χ1v) is 3.33. The molecular weight excluding hydrogens is 158 g/mol. The van der Waals surface area contributed by atoms with Crippen LogP contribution in [0.4, 0.5) is 5.69 Å². The zero-order valence-corrected chi connectivity index (χ0v) is 6.78. The molecule has 1 rings (SSSR count). The summed E-state index contributed by atoms with van der Waals surface area (Å²) in [5.74, 6) is 0. The molecule has 4 heteroatoms. The second-order valence-electron chi connectivity index (χ2n) is 2.19. The number of benzene rings is 1. The van der Waals surface area contributed by atoms with Gasteiger partial charge in [-0.05, 0) is 6.07 Å². The van der Waals surface area contributed by atoms with Gasteiger partial charge in [0.1, 0.15) is 0 Å². The molecule has 1 aromatic rings. The van der Waals surface area contributed by atoms with Crippen molar-refractivity contribution in [3.05, 3.63) is 34.7 Å². The molecule has 0 aliphatic rings. The smallest absolute Gasteiger partial charge is 0.258 e. The molecule has 0 aromatic heterocycles. The minimum atomic E-state index is 0. The number of nitrogens with one attached hydrogen (secondary N) is 1. The van der Waals surface area contributed by atoms with Crippen molar-refractivity contribution in [2.24, 2.45) is 0 Å². The first-order chi connectivity index (χ1) is 5.38. The Morgan fingerprint density at radius 3 is 2.67 bits per heavy atom. The van der Waals surface area contributed by atoms with Crippen molar-refractivity contribution in [3.63, 3.8) is 0 Å². The lowest BCUT2D eigenvalue weighted by Gasteiger charge is -1.95. The molecule has 0 bridgehead atoms. The summed E-state index contributed by atoms with van der Waals surface area (Å²) in [4.78, 5) is 10.3. The molecule has 2 N–H and O–H groups in total. The summed E-state index contributed by atoms with van der Waals surface area (Å²) >= 11 is 0. The average molecular weight is 169 g/mol. The number of methoxy groups -OCH3 is 1. The van der Waals surface area contributed by atoms with Gasteiger partial charge in [0.2, 0.25) is 0 Å². The SMILES string of the molecule is COCc1ccccc1[NH+]=O.[OH-]. The summed E-state index contributed by atoms with van der Waals surface area (Å²) in [7, 11) is 1.60. The average Bonchev–Trinajstić information content (AvgIpc) is 2.06. The maximum Gasteiger partial charge on any atom is 0.258 e. The van der Waals surface area contributed by atoms with Gasteiger partial charge in [0.05, 0.1) is 12.2 Å². The minimum absolute atomic E-state index is 0. The van der Waals surface area contributed by atoms with Gasteiger partial charge in [0.15, 0.2) is 0 Å². The van der Waals surface area contributed by atoms with Crippen molar-refractivity contribution in [2.75, 3.05) is 7.11 Å². The lowest BCUT2D eigenvalue weighted by Crippen LogP contribution is -2.56. The third kappa shape index (κ3) is 2.41. The van der Waals surface area contributed by atoms with Crippen molar-refractivity contribution < 1.29 is 15.4 Å². The second-order valence-corrected chi connectivity index (χ2v) is 2.19. The van der Waals surface area contributed by atoms with E-state index in [1.807, 2.05) is 17.3 Å². The predicted octanol–water partition coefficient (Wildman–Crippen LogP) is 0.135. The Hall–Kier alpha value is -1.26. The molecule has 0 unspecified atom stereocenters. The van der Waals surface area contributed by atoms with Crippen LogP contribution >= 0.6 is 0 Å². The molecule has 0 atom stereocenters. The lowest BCUT2D eigenvalue weighted by molar-refractivity contribution is -0.380. The van der Waals surface area contributed by atoms with Gasteiger partial charge >= 0.3 is 0 Å². The van der Waals surface area contributed by atoms with E-state index >= 15 is 0 Å². The van der Waals surface area contributed by atoms with Crippen LogP contribution in [0.2, 0.25) is 0 Å². The van der Waals surface area contributed by atoms with Crippen molar-refractivity contribution in [2.45, 2.75) is 6.61 Å². The Morgan fingerprint density at radius 1 is 1.42 bits per heavy atom. The number of ether oxygens (including phenoxy) is 1. The topological polar surface area (TPSA) is 70.3 Å². The Bertz CT molecular complexity index is 250. The van der Waals surface area contributed by atoms with E-state index < -0.39 is 0 Å². The molecule has 0 fully saturated rings. The number of rotatable bonds is 3. The Kier molecular flexibility index (Phi) is 4.83. The van der Waals surface area contributed by atoms with Crippen molar-refractivity contribution >= 4 is 5.69 Å². The molecule has 0 aliphatic carbocycles. The van der Waals surface area contributed by atoms with Crippen LogP contribution < -0.4 is 5.18 Å². The van der Waals surface area contributed by atoms with Crippen LogP contribution in [0.1, 0.15) is 5.56 Å². The van der Waals surface area contributed by atoms with Gasteiger partial charge in [-0.25, -0.2) is 0 Å². The first kappa shape index (κ1) is 10.7. The fraction of sp³-hybridized carbons (Fsp3) is 0.250. The Morgan fingerprint density at radius 2 is 2.08 bits per heavy atom. The third-order valence-corrected chi connectivity index (χ3v) is 1.43. The van der Waals surface area contributed by atoms with E-state index in [1.165, 1.54) is 0 Å². The Labute approximate surface area is 70.5 Å².